The summed E-state index contributed by atoms with van der Waals surface area (Å²) in [5.41, 5.74) is 8.87. The third-order valence-electron chi connectivity index (χ3n) is 5.89. The first kappa shape index (κ1) is 24.7. The van der Waals surface area contributed by atoms with Gasteiger partial charge in [0.2, 0.25) is 5.88 Å². The first-order valence-corrected chi connectivity index (χ1v) is 11.8. The van der Waals surface area contributed by atoms with E-state index in [4.69, 9.17) is 24.7 Å². The largest absolute Gasteiger partial charge is 0.497 e. The van der Waals surface area contributed by atoms with Crippen molar-refractivity contribution in [1.82, 2.24) is 0 Å². The van der Waals surface area contributed by atoms with Gasteiger partial charge in [-0.1, -0.05) is 43.7 Å². The Hall–Kier alpha value is -4.44. The number of nitrogens with zero attached hydrogens (tertiary/aromatic N) is 1. The number of carbonyl (C=O) groups is 1. The van der Waals surface area contributed by atoms with Crippen molar-refractivity contribution in [3.8, 4) is 29.1 Å². The highest BCUT2D eigenvalue weighted by Gasteiger charge is 2.31. The SMILES string of the molecule is CCCCOc1cccc(C2C(C#N)=C(N)Oc3cc(OC(=O)Cc4ccc(OC)cc4)ccc32)c1. The lowest BCUT2D eigenvalue weighted by Crippen LogP contribution is -2.21. The molecule has 36 heavy (non-hydrogen) atoms. The van der Waals surface area contributed by atoms with Gasteiger partial charge in [0.15, 0.2) is 0 Å². The molecule has 0 amide bonds. The van der Waals surface area contributed by atoms with Crippen molar-refractivity contribution in [2.45, 2.75) is 32.1 Å². The summed E-state index contributed by atoms with van der Waals surface area (Å²) in [6.07, 6.45) is 2.11. The zero-order valence-electron chi connectivity index (χ0n) is 20.3. The average Bonchev–Trinajstić information content (AvgIpc) is 2.88. The van der Waals surface area contributed by atoms with Gasteiger partial charge in [-0.05, 0) is 47.9 Å². The van der Waals surface area contributed by atoms with Crippen LogP contribution in [0.4, 0.5) is 0 Å². The Morgan fingerprint density at radius 2 is 1.83 bits per heavy atom. The molecule has 7 heteroatoms. The molecule has 1 unspecified atom stereocenters. The maximum Gasteiger partial charge on any atom is 0.315 e. The van der Waals surface area contributed by atoms with Crippen molar-refractivity contribution in [1.29, 1.82) is 5.26 Å². The molecule has 1 aliphatic rings. The smallest absolute Gasteiger partial charge is 0.315 e. The minimum atomic E-state index is -0.433. The van der Waals surface area contributed by atoms with Crippen molar-refractivity contribution >= 4 is 5.97 Å². The van der Waals surface area contributed by atoms with E-state index in [1.807, 2.05) is 36.4 Å². The minimum Gasteiger partial charge on any atom is -0.497 e. The van der Waals surface area contributed by atoms with E-state index in [1.54, 1.807) is 37.4 Å². The van der Waals surface area contributed by atoms with Crippen LogP contribution in [0.5, 0.6) is 23.0 Å². The van der Waals surface area contributed by atoms with Gasteiger partial charge in [-0.15, -0.1) is 0 Å². The minimum absolute atomic E-state index is 0.0222. The number of benzene rings is 3. The highest BCUT2D eigenvalue weighted by Crippen LogP contribution is 2.44. The summed E-state index contributed by atoms with van der Waals surface area (Å²) < 4.78 is 22.3. The molecule has 3 aromatic carbocycles. The lowest BCUT2D eigenvalue weighted by molar-refractivity contribution is -0.133. The summed E-state index contributed by atoms with van der Waals surface area (Å²) in [6, 6.07) is 22.2. The summed E-state index contributed by atoms with van der Waals surface area (Å²) in [6.45, 7) is 2.73. The zero-order chi connectivity index (χ0) is 25.5. The molecule has 184 valence electrons. The molecule has 0 aliphatic carbocycles. The van der Waals surface area contributed by atoms with Crippen molar-refractivity contribution < 1.29 is 23.7 Å². The number of unbranched alkanes of at least 4 members (excludes halogenated alkanes) is 1. The number of hydrogen-bond donors (Lipinski definition) is 1. The summed E-state index contributed by atoms with van der Waals surface area (Å²) >= 11 is 0. The van der Waals surface area contributed by atoms with E-state index in [0.29, 0.717) is 29.4 Å². The normalized spacial score (nSPS) is 14.3. The van der Waals surface area contributed by atoms with E-state index in [-0.39, 0.29) is 12.3 Å². The fourth-order valence-corrected chi connectivity index (χ4v) is 4.04. The highest BCUT2D eigenvalue weighted by molar-refractivity contribution is 5.75. The van der Waals surface area contributed by atoms with Crippen LogP contribution < -0.4 is 24.7 Å². The van der Waals surface area contributed by atoms with Crippen LogP contribution in [0.25, 0.3) is 0 Å². The summed E-state index contributed by atoms with van der Waals surface area (Å²) in [5.74, 6) is 1.39. The highest BCUT2D eigenvalue weighted by atomic mass is 16.5. The van der Waals surface area contributed by atoms with Gasteiger partial charge in [-0.2, -0.15) is 5.26 Å². The van der Waals surface area contributed by atoms with Crippen LogP contribution in [-0.2, 0) is 11.2 Å². The van der Waals surface area contributed by atoms with Crippen molar-refractivity contribution in [3.05, 3.63) is 94.9 Å². The molecule has 1 heterocycles. The van der Waals surface area contributed by atoms with Crippen LogP contribution in [0.15, 0.2) is 78.2 Å². The first-order chi connectivity index (χ1) is 17.5. The number of carbonyl (C=O) groups excluding carboxylic acids is 1. The zero-order valence-corrected chi connectivity index (χ0v) is 20.3. The van der Waals surface area contributed by atoms with Crippen molar-refractivity contribution in [3.63, 3.8) is 0 Å². The van der Waals surface area contributed by atoms with Crippen molar-refractivity contribution in [2.75, 3.05) is 13.7 Å². The summed E-state index contributed by atoms with van der Waals surface area (Å²) in [7, 11) is 1.59. The Morgan fingerprint density at radius 1 is 1.06 bits per heavy atom. The second kappa shape index (κ2) is 11.3. The van der Waals surface area contributed by atoms with E-state index in [0.717, 1.165) is 35.3 Å². The Balaban J connectivity index is 1.56. The second-order valence-electron chi connectivity index (χ2n) is 8.40. The lowest BCUT2D eigenvalue weighted by atomic mass is 9.83. The molecular weight excluding hydrogens is 456 g/mol. The molecule has 7 nitrogen and oxygen atoms in total. The fraction of sp³-hybridized carbons (Fsp3) is 0.241. The number of rotatable bonds is 9. The molecule has 0 saturated carbocycles. The first-order valence-electron chi connectivity index (χ1n) is 11.8. The number of esters is 1. The Morgan fingerprint density at radius 3 is 2.56 bits per heavy atom. The maximum atomic E-state index is 12.5. The molecule has 0 bridgehead atoms. The number of ether oxygens (including phenoxy) is 4. The molecule has 0 fully saturated rings. The average molecular weight is 485 g/mol. The number of methoxy groups -OCH3 is 1. The van der Waals surface area contributed by atoms with Gasteiger partial charge >= 0.3 is 5.97 Å². The summed E-state index contributed by atoms with van der Waals surface area (Å²) in [4.78, 5) is 12.5. The lowest BCUT2D eigenvalue weighted by Gasteiger charge is -2.27. The predicted octanol–water partition coefficient (Wildman–Crippen LogP) is 5.24. The molecule has 0 radical (unpaired) electrons. The molecule has 0 spiro atoms. The van der Waals surface area contributed by atoms with E-state index in [2.05, 4.69) is 13.0 Å². The Bertz CT molecular complexity index is 1310. The quantitative estimate of drug-likeness (QED) is 0.252. The summed E-state index contributed by atoms with van der Waals surface area (Å²) in [5, 5.41) is 9.83. The number of nitriles is 1. The van der Waals surface area contributed by atoms with Gasteiger partial charge < -0.3 is 24.7 Å². The van der Waals surface area contributed by atoms with E-state index in [9.17, 15) is 10.1 Å². The van der Waals surface area contributed by atoms with Gasteiger partial charge in [0.1, 0.15) is 34.6 Å². The molecule has 0 aromatic heterocycles. The number of fused-ring (bicyclic) bond motifs is 1. The van der Waals surface area contributed by atoms with Crippen molar-refractivity contribution in [2.24, 2.45) is 5.73 Å². The van der Waals surface area contributed by atoms with Crippen LogP contribution in [0.3, 0.4) is 0 Å². The second-order valence-corrected chi connectivity index (χ2v) is 8.40. The Kier molecular flexibility index (Phi) is 7.76. The van der Waals surface area contributed by atoms with E-state index < -0.39 is 11.9 Å². The number of nitrogens with two attached hydrogens (primary N) is 1. The molecule has 1 atom stereocenters. The van der Waals surface area contributed by atoms with Crippen LogP contribution in [-0.4, -0.2) is 19.7 Å². The predicted molar refractivity (Wildman–Crippen MR) is 135 cm³/mol. The van der Waals surface area contributed by atoms with Gasteiger partial charge in [-0.3, -0.25) is 4.79 Å². The topological polar surface area (TPSA) is 104 Å². The van der Waals surface area contributed by atoms with Gasteiger partial charge in [-0.25, -0.2) is 0 Å². The molecule has 0 saturated heterocycles. The Labute approximate surface area is 210 Å². The van der Waals surface area contributed by atoms with Crippen LogP contribution in [0.1, 0.15) is 42.4 Å². The van der Waals surface area contributed by atoms with Gasteiger partial charge in [0.05, 0.1) is 26.1 Å². The number of hydrogen-bond acceptors (Lipinski definition) is 7. The number of allylic oxidation sites excluding steroid dienone is 1. The molecule has 3 aromatic rings. The molecular formula is C29H28N2O5. The fourth-order valence-electron chi connectivity index (χ4n) is 4.04. The molecule has 4 rings (SSSR count). The monoisotopic (exact) mass is 484 g/mol. The van der Waals surface area contributed by atoms with Gasteiger partial charge in [0, 0.05) is 11.6 Å². The third kappa shape index (κ3) is 5.61. The van der Waals surface area contributed by atoms with E-state index >= 15 is 0 Å². The molecule has 1 aliphatic heterocycles. The van der Waals surface area contributed by atoms with Crippen LogP contribution >= 0.6 is 0 Å². The molecule has 2 N–H and O–H groups in total. The maximum absolute atomic E-state index is 12.5. The van der Waals surface area contributed by atoms with Crippen LogP contribution in [0.2, 0.25) is 0 Å². The standard InChI is InChI=1S/C29H28N2O5/c1-3-4-14-34-22-7-5-6-20(16-22)28-24-13-12-23(17-26(24)36-29(31)25(28)18-30)35-27(32)15-19-8-10-21(33-2)11-9-19/h5-13,16-17,28H,3-4,14-15,31H2,1-2H3. The van der Waals surface area contributed by atoms with Gasteiger partial charge in [0.25, 0.3) is 0 Å². The van der Waals surface area contributed by atoms with E-state index in [1.165, 1.54) is 0 Å². The van der Waals surface area contributed by atoms with Crippen LogP contribution in [0, 0.1) is 11.3 Å². The third-order valence-corrected chi connectivity index (χ3v) is 5.89.